The first kappa shape index (κ1) is 17.7. The van der Waals surface area contributed by atoms with Gasteiger partial charge in [-0.25, -0.2) is 0 Å². The molecule has 0 bridgehead atoms. The molecule has 7 nitrogen and oxygen atoms in total. The van der Waals surface area contributed by atoms with Crippen molar-refractivity contribution in [3.8, 4) is 0 Å². The summed E-state index contributed by atoms with van der Waals surface area (Å²) >= 11 is 0. The fourth-order valence-electron chi connectivity index (χ4n) is 3.12. The Hall–Kier alpha value is -1.63. The summed E-state index contributed by atoms with van der Waals surface area (Å²) in [6.07, 6.45) is 0. The van der Waals surface area contributed by atoms with E-state index in [-0.39, 0.29) is 17.7 Å². The second kappa shape index (κ2) is 6.86. The third-order valence-electron chi connectivity index (χ3n) is 4.87. The van der Waals surface area contributed by atoms with E-state index < -0.39 is 5.41 Å². The van der Waals surface area contributed by atoms with Crippen LogP contribution in [0.5, 0.6) is 0 Å². The first-order chi connectivity index (χ1) is 10.7. The lowest BCUT2D eigenvalue weighted by Gasteiger charge is -2.40. The molecule has 23 heavy (non-hydrogen) atoms. The van der Waals surface area contributed by atoms with Crippen molar-refractivity contribution in [3.05, 3.63) is 0 Å². The molecule has 0 N–H and O–H groups in total. The number of hydrogen-bond acceptors (Lipinski definition) is 4. The fourth-order valence-corrected chi connectivity index (χ4v) is 3.12. The van der Waals surface area contributed by atoms with Crippen molar-refractivity contribution in [1.82, 2.24) is 19.6 Å². The van der Waals surface area contributed by atoms with Gasteiger partial charge in [-0.15, -0.1) is 0 Å². The summed E-state index contributed by atoms with van der Waals surface area (Å²) in [6.45, 7) is 10.1. The highest BCUT2D eigenvalue weighted by atomic mass is 16.2. The Labute approximate surface area is 138 Å². The number of amides is 3. The molecule has 2 aliphatic rings. The second-order valence-electron chi connectivity index (χ2n) is 7.02. The number of hydrogen-bond donors (Lipinski definition) is 0. The van der Waals surface area contributed by atoms with Crippen molar-refractivity contribution in [2.24, 2.45) is 5.41 Å². The van der Waals surface area contributed by atoms with Crippen LogP contribution in [0.4, 0.5) is 0 Å². The van der Waals surface area contributed by atoms with E-state index in [1.54, 1.807) is 28.5 Å². The van der Waals surface area contributed by atoms with Crippen LogP contribution in [0.15, 0.2) is 0 Å². The van der Waals surface area contributed by atoms with Crippen molar-refractivity contribution in [1.29, 1.82) is 0 Å². The van der Waals surface area contributed by atoms with Gasteiger partial charge in [0, 0.05) is 59.3 Å². The third kappa shape index (κ3) is 3.83. The zero-order valence-electron chi connectivity index (χ0n) is 14.7. The van der Waals surface area contributed by atoms with Gasteiger partial charge in [-0.3, -0.25) is 14.4 Å². The molecule has 0 unspecified atom stereocenters. The minimum Gasteiger partial charge on any atom is -0.339 e. The van der Waals surface area contributed by atoms with E-state index in [9.17, 15) is 14.4 Å². The largest absolute Gasteiger partial charge is 0.339 e. The molecule has 0 aromatic carbocycles. The fraction of sp³-hybridized carbons (Fsp3) is 0.812. The smallest absolute Gasteiger partial charge is 0.237 e. The second-order valence-corrected chi connectivity index (χ2v) is 7.02. The van der Waals surface area contributed by atoms with Crippen molar-refractivity contribution in [3.63, 3.8) is 0 Å². The molecule has 2 heterocycles. The van der Waals surface area contributed by atoms with E-state index in [2.05, 4.69) is 4.90 Å². The Morgan fingerprint density at radius 3 is 1.43 bits per heavy atom. The van der Waals surface area contributed by atoms with Crippen molar-refractivity contribution in [2.45, 2.75) is 20.8 Å². The van der Waals surface area contributed by atoms with Gasteiger partial charge in [0.1, 0.15) is 5.41 Å². The van der Waals surface area contributed by atoms with Crippen LogP contribution in [0.25, 0.3) is 0 Å². The lowest BCUT2D eigenvalue weighted by molar-refractivity contribution is -0.157. The average molecular weight is 324 g/mol. The van der Waals surface area contributed by atoms with E-state index in [0.29, 0.717) is 39.3 Å². The van der Waals surface area contributed by atoms with Gasteiger partial charge in [0.25, 0.3) is 0 Å². The van der Waals surface area contributed by atoms with Gasteiger partial charge in [0.2, 0.25) is 17.7 Å². The van der Waals surface area contributed by atoms with E-state index in [0.717, 1.165) is 13.1 Å². The van der Waals surface area contributed by atoms with Crippen LogP contribution in [0.1, 0.15) is 20.8 Å². The molecular formula is C16H28N4O3. The summed E-state index contributed by atoms with van der Waals surface area (Å²) in [5.41, 5.74) is -1.05. The van der Waals surface area contributed by atoms with Gasteiger partial charge in [0.15, 0.2) is 0 Å². The average Bonchev–Trinajstić information content (AvgIpc) is 2.54. The van der Waals surface area contributed by atoms with Crippen LogP contribution < -0.4 is 0 Å². The monoisotopic (exact) mass is 324 g/mol. The summed E-state index contributed by atoms with van der Waals surface area (Å²) in [5.74, 6) is -0.195. The van der Waals surface area contributed by atoms with E-state index in [1.165, 1.54) is 6.92 Å². The summed E-state index contributed by atoms with van der Waals surface area (Å²) in [6, 6.07) is 0. The number of piperazine rings is 2. The maximum absolute atomic E-state index is 12.8. The minimum atomic E-state index is -1.05. The predicted octanol–water partition coefficient (Wildman–Crippen LogP) is -0.523. The van der Waals surface area contributed by atoms with Gasteiger partial charge in [-0.05, 0) is 20.9 Å². The topological polar surface area (TPSA) is 64.2 Å². The summed E-state index contributed by atoms with van der Waals surface area (Å²) in [5, 5.41) is 0. The minimum absolute atomic E-state index is 0.0323. The maximum Gasteiger partial charge on any atom is 0.237 e. The standard InChI is InChI=1S/C16H28N4O3/c1-13(21)18-9-11-20(12-10-18)15(23)16(2,3)14(22)19-7-5-17(4)6-8-19/h5-12H2,1-4H3. The number of carbonyl (C=O) groups is 3. The predicted molar refractivity (Wildman–Crippen MR) is 86.7 cm³/mol. The molecular weight excluding hydrogens is 296 g/mol. The highest BCUT2D eigenvalue weighted by molar-refractivity contribution is 6.04. The number of nitrogens with zero attached hydrogens (tertiary/aromatic N) is 4. The van der Waals surface area contributed by atoms with Crippen LogP contribution in [0.3, 0.4) is 0 Å². The molecule has 0 saturated carbocycles. The zero-order valence-corrected chi connectivity index (χ0v) is 14.7. The van der Waals surface area contributed by atoms with E-state index in [1.807, 2.05) is 7.05 Å². The van der Waals surface area contributed by atoms with Gasteiger partial charge < -0.3 is 19.6 Å². The molecule has 0 aliphatic carbocycles. The molecule has 3 amide bonds. The number of likely N-dealkylation sites (N-methyl/N-ethyl adjacent to an activating group) is 1. The molecule has 130 valence electrons. The van der Waals surface area contributed by atoms with E-state index >= 15 is 0 Å². The zero-order chi connectivity index (χ0) is 17.2. The van der Waals surface area contributed by atoms with Crippen molar-refractivity contribution in [2.75, 3.05) is 59.4 Å². The Kier molecular flexibility index (Phi) is 5.29. The van der Waals surface area contributed by atoms with Crippen molar-refractivity contribution < 1.29 is 14.4 Å². The molecule has 0 aromatic heterocycles. The molecule has 0 atom stereocenters. The van der Waals surface area contributed by atoms with Gasteiger partial charge in [-0.1, -0.05) is 0 Å². The molecule has 7 heteroatoms. The molecule has 2 aliphatic heterocycles. The van der Waals surface area contributed by atoms with Gasteiger partial charge >= 0.3 is 0 Å². The van der Waals surface area contributed by atoms with Crippen LogP contribution in [0, 0.1) is 5.41 Å². The number of rotatable bonds is 2. The van der Waals surface area contributed by atoms with Crippen LogP contribution in [-0.2, 0) is 14.4 Å². The third-order valence-corrected chi connectivity index (χ3v) is 4.87. The van der Waals surface area contributed by atoms with Gasteiger partial charge in [0.05, 0.1) is 0 Å². The summed E-state index contributed by atoms with van der Waals surface area (Å²) in [7, 11) is 2.03. The lowest BCUT2D eigenvalue weighted by Crippen LogP contribution is -2.58. The normalized spacial score (nSPS) is 20.6. The Morgan fingerprint density at radius 2 is 1.04 bits per heavy atom. The highest BCUT2D eigenvalue weighted by Crippen LogP contribution is 2.24. The highest BCUT2D eigenvalue weighted by Gasteiger charge is 2.42. The molecule has 0 radical (unpaired) electrons. The summed E-state index contributed by atoms with van der Waals surface area (Å²) in [4.78, 5) is 44.4. The Balaban J connectivity index is 1.97. The van der Waals surface area contributed by atoms with Crippen LogP contribution in [-0.4, -0.2) is 96.7 Å². The SMILES string of the molecule is CC(=O)N1CCN(C(=O)C(C)(C)C(=O)N2CCN(C)CC2)CC1. The van der Waals surface area contributed by atoms with Crippen LogP contribution >= 0.6 is 0 Å². The van der Waals surface area contributed by atoms with Crippen LogP contribution in [0.2, 0.25) is 0 Å². The first-order valence-electron chi connectivity index (χ1n) is 8.26. The maximum atomic E-state index is 12.8. The molecule has 0 aromatic rings. The van der Waals surface area contributed by atoms with E-state index in [4.69, 9.17) is 0 Å². The lowest BCUT2D eigenvalue weighted by atomic mass is 9.89. The first-order valence-corrected chi connectivity index (χ1v) is 8.26. The van der Waals surface area contributed by atoms with Crippen molar-refractivity contribution >= 4 is 17.7 Å². The molecule has 0 spiro atoms. The Bertz CT molecular complexity index is 476. The summed E-state index contributed by atoms with van der Waals surface area (Å²) < 4.78 is 0. The van der Waals surface area contributed by atoms with Gasteiger partial charge in [-0.2, -0.15) is 0 Å². The quantitative estimate of drug-likeness (QED) is 0.641. The number of carbonyl (C=O) groups excluding carboxylic acids is 3. The molecule has 2 rings (SSSR count). The Morgan fingerprint density at radius 1 is 0.696 bits per heavy atom. The molecule has 2 fully saturated rings. The molecule has 2 saturated heterocycles.